The van der Waals surface area contributed by atoms with Gasteiger partial charge in [-0.1, -0.05) is 0 Å². The van der Waals surface area contributed by atoms with E-state index >= 15 is 0 Å². The minimum absolute atomic E-state index is 0.0810. The molecule has 0 aliphatic carbocycles. The maximum absolute atomic E-state index is 6.08. The Hall–Kier alpha value is -1.60. The van der Waals surface area contributed by atoms with Crippen LogP contribution in [0.2, 0.25) is 0 Å². The Bertz CT molecular complexity index is 708. The lowest BCUT2D eigenvalue weighted by atomic mass is 9.90. The minimum Gasteiger partial charge on any atom is -0.374 e. The summed E-state index contributed by atoms with van der Waals surface area (Å²) in [6.45, 7) is 4.83. The molecule has 2 fully saturated rings. The molecular formula is C17H23N5OS. The number of rotatable bonds is 3. The van der Waals surface area contributed by atoms with E-state index in [1.165, 1.54) is 12.2 Å². The van der Waals surface area contributed by atoms with Crippen molar-refractivity contribution < 1.29 is 4.74 Å². The van der Waals surface area contributed by atoms with Crippen LogP contribution in [0.25, 0.3) is 5.82 Å². The molecule has 0 aromatic carbocycles. The average molecular weight is 345 g/mol. The largest absolute Gasteiger partial charge is 0.374 e. The van der Waals surface area contributed by atoms with E-state index < -0.39 is 0 Å². The molecule has 1 spiro atoms. The monoisotopic (exact) mass is 345 g/mol. The summed E-state index contributed by atoms with van der Waals surface area (Å²) in [6.07, 6.45) is 3.24. The summed E-state index contributed by atoms with van der Waals surface area (Å²) in [7, 11) is 0. The van der Waals surface area contributed by atoms with Crippen LogP contribution >= 0.6 is 11.8 Å². The first kappa shape index (κ1) is 15.9. The maximum atomic E-state index is 6.08. The smallest absolute Gasteiger partial charge is 0.176 e. The average Bonchev–Trinajstić information content (AvgIpc) is 3.15. The Morgan fingerprint density at radius 2 is 2.25 bits per heavy atom. The first-order valence-corrected chi connectivity index (χ1v) is 9.65. The van der Waals surface area contributed by atoms with Crippen LogP contribution < -0.4 is 5.32 Å². The molecule has 7 heteroatoms. The zero-order valence-electron chi connectivity index (χ0n) is 14.2. The number of aryl methyl sites for hydroxylation is 2. The lowest BCUT2D eigenvalue weighted by molar-refractivity contribution is -0.0628. The van der Waals surface area contributed by atoms with Gasteiger partial charge in [0.25, 0.3) is 0 Å². The van der Waals surface area contributed by atoms with Crippen molar-refractivity contribution in [1.82, 2.24) is 20.0 Å². The van der Waals surface area contributed by atoms with Crippen LogP contribution in [-0.4, -0.2) is 49.7 Å². The van der Waals surface area contributed by atoms with E-state index in [0.29, 0.717) is 6.04 Å². The van der Waals surface area contributed by atoms with Crippen LogP contribution in [0.3, 0.4) is 0 Å². The molecule has 24 heavy (non-hydrogen) atoms. The molecule has 0 saturated carbocycles. The number of nitrogens with one attached hydrogen (secondary N) is 1. The number of thioether (sulfide) groups is 1. The van der Waals surface area contributed by atoms with Gasteiger partial charge in [0.1, 0.15) is 5.82 Å². The van der Waals surface area contributed by atoms with Crippen LogP contribution in [0.5, 0.6) is 0 Å². The highest BCUT2D eigenvalue weighted by Gasteiger charge is 2.40. The van der Waals surface area contributed by atoms with Crippen molar-refractivity contribution in [3.8, 4) is 5.82 Å². The van der Waals surface area contributed by atoms with Crippen molar-refractivity contribution in [3.63, 3.8) is 0 Å². The van der Waals surface area contributed by atoms with Crippen LogP contribution in [0, 0.1) is 13.8 Å². The Labute approximate surface area is 146 Å². The molecule has 2 saturated heterocycles. The number of aromatic nitrogens is 4. The molecule has 2 unspecified atom stereocenters. The van der Waals surface area contributed by atoms with E-state index in [0.717, 1.165) is 48.2 Å². The predicted molar refractivity (Wildman–Crippen MR) is 95.9 cm³/mol. The number of ether oxygens (including phenoxy) is 1. The standard InChI is InChI=1S/C17H23N5OS/c1-12-9-13(2)22(21-12)16-4-3-15(19-20-16)18-14-5-7-23-17(10-14)6-8-24-11-17/h3-4,9,14H,5-8,10-11H2,1-2H3,(H,18,19). The van der Waals surface area contributed by atoms with E-state index in [2.05, 4.69) is 20.6 Å². The molecule has 2 aromatic heterocycles. The number of hydrogen-bond acceptors (Lipinski definition) is 6. The summed E-state index contributed by atoms with van der Waals surface area (Å²) in [5.41, 5.74) is 2.13. The van der Waals surface area contributed by atoms with Crippen molar-refractivity contribution in [1.29, 1.82) is 0 Å². The number of nitrogens with zero attached hydrogens (tertiary/aromatic N) is 4. The second kappa shape index (κ2) is 6.37. The summed E-state index contributed by atoms with van der Waals surface area (Å²) in [4.78, 5) is 0. The second-order valence-corrected chi connectivity index (χ2v) is 7.89. The third kappa shape index (κ3) is 3.15. The van der Waals surface area contributed by atoms with Crippen LogP contribution in [0.15, 0.2) is 18.2 Å². The Kier molecular flexibility index (Phi) is 4.22. The van der Waals surface area contributed by atoms with Crippen molar-refractivity contribution >= 4 is 17.6 Å². The molecule has 0 radical (unpaired) electrons. The molecule has 4 rings (SSSR count). The van der Waals surface area contributed by atoms with E-state index in [1.54, 1.807) is 0 Å². The van der Waals surface area contributed by atoms with Crippen molar-refractivity contribution in [2.24, 2.45) is 0 Å². The molecule has 0 amide bonds. The number of hydrogen-bond donors (Lipinski definition) is 1. The highest BCUT2D eigenvalue weighted by Crippen LogP contribution is 2.38. The van der Waals surface area contributed by atoms with Gasteiger partial charge in [-0.2, -0.15) is 16.9 Å². The van der Waals surface area contributed by atoms with E-state index in [9.17, 15) is 0 Å². The van der Waals surface area contributed by atoms with Crippen molar-refractivity contribution in [2.45, 2.75) is 44.8 Å². The van der Waals surface area contributed by atoms with Gasteiger partial charge in [-0.25, -0.2) is 4.68 Å². The SMILES string of the molecule is Cc1cc(C)n(-c2ccc(NC3CCOC4(CCSC4)C3)nn2)n1. The number of anilines is 1. The van der Waals surface area contributed by atoms with E-state index in [4.69, 9.17) is 4.74 Å². The van der Waals surface area contributed by atoms with Gasteiger partial charge in [-0.3, -0.25) is 0 Å². The van der Waals surface area contributed by atoms with Gasteiger partial charge in [0.05, 0.1) is 11.3 Å². The van der Waals surface area contributed by atoms with Gasteiger partial charge >= 0.3 is 0 Å². The first-order valence-electron chi connectivity index (χ1n) is 8.49. The van der Waals surface area contributed by atoms with Crippen LogP contribution in [0.4, 0.5) is 5.82 Å². The normalized spacial score (nSPS) is 26.8. The van der Waals surface area contributed by atoms with Gasteiger partial charge in [0.2, 0.25) is 0 Å². The van der Waals surface area contributed by atoms with Gasteiger partial charge in [-0.05, 0) is 57.1 Å². The maximum Gasteiger partial charge on any atom is 0.176 e. The van der Waals surface area contributed by atoms with Crippen molar-refractivity contribution in [2.75, 3.05) is 23.4 Å². The first-order chi connectivity index (χ1) is 11.6. The fourth-order valence-corrected chi connectivity index (χ4v) is 4.98. The molecule has 128 valence electrons. The fourth-order valence-electron chi connectivity index (χ4n) is 3.60. The summed E-state index contributed by atoms with van der Waals surface area (Å²) in [6, 6.07) is 6.40. The highest BCUT2D eigenvalue weighted by atomic mass is 32.2. The summed E-state index contributed by atoms with van der Waals surface area (Å²) in [5.74, 6) is 3.91. The Morgan fingerprint density at radius 3 is 2.92 bits per heavy atom. The Balaban J connectivity index is 1.44. The van der Waals surface area contributed by atoms with Gasteiger partial charge in [0.15, 0.2) is 5.82 Å². The van der Waals surface area contributed by atoms with Crippen molar-refractivity contribution in [3.05, 3.63) is 29.6 Å². The molecule has 2 atom stereocenters. The van der Waals surface area contributed by atoms with Crippen LogP contribution in [-0.2, 0) is 4.74 Å². The fraction of sp³-hybridized carbons (Fsp3) is 0.588. The molecule has 0 bridgehead atoms. The van der Waals surface area contributed by atoms with Crippen LogP contribution in [0.1, 0.15) is 30.7 Å². The highest BCUT2D eigenvalue weighted by molar-refractivity contribution is 7.99. The Morgan fingerprint density at radius 1 is 1.33 bits per heavy atom. The third-order valence-electron chi connectivity index (χ3n) is 4.79. The topological polar surface area (TPSA) is 64.9 Å². The minimum atomic E-state index is 0.0810. The molecule has 1 N–H and O–H groups in total. The molecule has 6 nitrogen and oxygen atoms in total. The quantitative estimate of drug-likeness (QED) is 0.923. The zero-order valence-corrected chi connectivity index (χ0v) is 15.0. The van der Waals surface area contributed by atoms with E-state index in [-0.39, 0.29) is 5.60 Å². The lowest BCUT2D eigenvalue weighted by Gasteiger charge is -2.38. The molecule has 2 aliphatic rings. The predicted octanol–water partition coefficient (Wildman–Crippen LogP) is 2.75. The summed E-state index contributed by atoms with van der Waals surface area (Å²) >= 11 is 2.00. The molecule has 2 aromatic rings. The second-order valence-electron chi connectivity index (χ2n) is 6.78. The lowest BCUT2D eigenvalue weighted by Crippen LogP contribution is -2.44. The van der Waals surface area contributed by atoms with Gasteiger partial charge in [-0.15, -0.1) is 10.2 Å². The zero-order chi connectivity index (χ0) is 16.6. The molecule has 2 aliphatic heterocycles. The van der Waals surface area contributed by atoms with E-state index in [1.807, 2.05) is 48.5 Å². The van der Waals surface area contributed by atoms with Gasteiger partial charge < -0.3 is 10.1 Å². The molecule has 4 heterocycles. The molecular weight excluding hydrogens is 322 g/mol. The summed E-state index contributed by atoms with van der Waals surface area (Å²) < 4.78 is 7.90. The third-order valence-corrected chi connectivity index (χ3v) is 6.01. The summed E-state index contributed by atoms with van der Waals surface area (Å²) in [5, 5.41) is 16.7. The van der Waals surface area contributed by atoms with Gasteiger partial charge in [0, 0.05) is 24.1 Å².